The second-order valence-electron chi connectivity index (χ2n) is 15.1. The predicted octanol–water partition coefficient (Wildman–Crippen LogP) is 15.5. The minimum absolute atomic E-state index is 0.182. The Morgan fingerprint density at radius 1 is 0.455 bits per heavy atom. The van der Waals surface area contributed by atoms with E-state index >= 15 is 0 Å². The molecule has 0 aliphatic heterocycles. The van der Waals surface area contributed by atoms with Crippen molar-refractivity contribution in [3.05, 3.63) is 85.1 Å². The third kappa shape index (κ3) is 45.9. The second-order valence-corrected chi connectivity index (χ2v) is 15.1. The van der Waals surface area contributed by atoms with Crippen LogP contribution in [0.15, 0.2) is 85.1 Å². The molecule has 1 unspecified atom stereocenters. The topological polar surface area (TPSA) is 55.8 Å². The van der Waals surface area contributed by atoms with Gasteiger partial charge < -0.3 is 14.6 Å². The number of carbonyl (C=O) groups is 1. The van der Waals surface area contributed by atoms with Gasteiger partial charge in [-0.05, 0) is 89.9 Å². The average Bonchev–Trinajstić information content (AvgIpc) is 3.19. The van der Waals surface area contributed by atoms with Gasteiger partial charge in [-0.15, -0.1) is 0 Å². The van der Waals surface area contributed by atoms with E-state index < -0.39 is 6.10 Å². The van der Waals surface area contributed by atoms with Gasteiger partial charge in [-0.3, -0.25) is 4.79 Å². The molecule has 4 nitrogen and oxygen atoms in total. The molecule has 0 amide bonds. The molecule has 0 radical (unpaired) electrons. The van der Waals surface area contributed by atoms with Crippen LogP contribution in [0.3, 0.4) is 0 Å². The zero-order valence-electron chi connectivity index (χ0n) is 36.2. The van der Waals surface area contributed by atoms with Gasteiger partial charge in [-0.25, -0.2) is 0 Å². The molecule has 0 heterocycles. The smallest absolute Gasteiger partial charge is 0.306 e. The Kier molecular flexibility index (Phi) is 45.6. The maximum Gasteiger partial charge on any atom is 0.306 e. The van der Waals surface area contributed by atoms with E-state index in [2.05, 4.69) is 98.9 Å². The largest absolute Gasteiger partial charge is 0.457 e. The minimum Gasteiger partial charge on any atom is -0.457 e. The first-order valence-corrected chi connectivity index (χ1v) is 23.2. The highest BCUT2D eigenvalue weighted by atomic mass is 16.6. The second kappa shape index (κ2) is 47.7. The zero-order chi connectivity index (χ0) is 39.8. The fraction of sp³-hybridized carbons (Fsp3) is 0.706. The lowest BCUT2D eigenvalue weighted by Gasteiger charge is -2.16. The molecule has 316 valence electrons. The molecule has 0 aliphatic carbocycles. The number of hydrogen-bond acceptors (Lipinski definition) is 4. The van der Waals surface area contributed by atoms with Crippen LogP contribution in [-0.2, 0) is 14.3 Å². The number of hydrogen-bond donors (Lipinski definition) is 1. The number of unbranched alkanes of at least 4 members (excludes halogenated alkanes) is 20. The third-order valence-electron chi connectivity index (χ3n) is 9.70. The van der Waals surface area contributed by atoms with Crippen molar-refractivity contribution in [3.63, 3.8) is 0 Å². The van der Waals surface area contributed by atoms with Crippen molar-refractivity contribution in [2.45, 2.75) is 213 Å². The Hall–Kier alpha value is -2.43. The van der Waals surface area contributed by atoms with Crippen LogP contribution in [0.4, 0.5) is 0 Å². The minimum atomic E-state index is -0.547. The molecule has 0 saturated heterocycles. The molecule has 0 fully saturated rings. The molecule has 1 N–H and O–H groups in total. The zero-order valence-corrected chi connectivity index (χ0v) is 36.2. The lowest BCUT2D eigenvalue weighted by molar-refractivity contribution is -0.154. The maximum absolute atomic E-state index is 12.2. The molecule has 0 aromatic rings. The van der Waals surface area contributed by atoms with Gasteiger partial charge in [0.05, 0.1) is 13.2 Å². The van der Waals surface area contributed by atoms with Crippen molar-refractivity contribution in [1.29, 1.82) is 0 Å². The fourth-order valence-electron chi connectivity index (χ4n) is 6.27. The SMILES string of the molecule is CC/C=C\C/C=C\C/C=C\C/C=C\CCCCCCCCCCCCC(=O)OC(CO)COCCCCCCCCC/C=C\C/C=C\C/C=C\CCCCC. The summed E-state index contributed by atoms with van der Waals surface area (Å²) in [5.74, 6) is -0.211. The van der Waals surface area contributed by atoms with Crippen molar-refractivity contribution < 1.29 is 19.4 Å². The Labute approximate surface area is 341 Å². The Bertz CT molecular complexity index is 985. The monoisotopic (exact) mass is 765 g/mol. The van der Waals surface area contributed by atoms with Crippen molar-refractivity contribution in [3.8, 4) is 0 Å². The molecule has 0 spiro atoms. The molecule has 0 bridgehead atoms. The lowest BCUT2D eigenvalue weighted by atomic mass is 10.0. The number of carbonyl (C=O) groups excluding carboxylic acids is 1. The summed E-state index contributed by atoms with van der Waals surface area (Å²) in [6.45, 7) is 5.18. The quantitative estimate of drug-likeness (QED) is 0.0382. The van der Waals surface area contributed by atoms with E-state index in [1.54, 1.807) is 0 Å². The molecule has 4 heteroatoms. The molecule has 0 aliphatic rings. The first-order chi connectivity index (χ1) is 27.2. The Balaban J connectivity index is 3.48. The van der Waals surface area contributed by atoms with Crippen LogP contribution < -0.4 is 0 Å². The average molecular weight is 765 g/mol. The van der Waals surface area contributed by atoms with Crippen molar-refractivity contribution >= 4 is 5.97 Å². The molecular weight excluding hydrogens is 677 g/mol. The van der Waals surface area contributed by atoms with Gasteiger partial charge in [0, 0.05) is 13.0 Å². The first kappa shape index (κ1) is 52.6. The summed E-state index contributed by atoms with van der Waals surface area (Å²) < 4.78 is 11.2. The highest BCUT2D eigenvalue weighted by Crippen LogP contribution is 2.13. The highest BCUT2D eigenvalue weighted by molar-refractivity contribution is 5.69. The fourth-order valence-corrected chi connectivity index (χ4v) is 6.27. The lowest BCUT2D eigenvalue weighted by Crippen LogP contribution is -2.27. The number of aliphatic hydroxyl groups excluding tert-OH is 1. The first-order valence-electron chi connectivity index (χ1n) is 23.2. The molecule has 1 atom stereocenters. The van der Waals surface area contributed by atoms with Crippen molar-refractivity contribution in [2.75, 3.05) is 19.8 Å². The van der Waals surface area contributed by atoms with Crippen molar-refractivity contribution in [2.24, 2.45) is 0 Å². The van der Waals surface area contributed by atoms with Crippen LogP contribution in [0.2, 0.25) is 0 Å². The highest BCUT2D eigenvalue weighted by Gasteiger charge is 2.13. The van der Waals surface area contributed by atoms with Crippen LogP contribution in [-0.4, -0.2) is 37.0 Å². The van der Waals surface area contributed by atoms with Gasteiger partial charge in [0.1, 0.15) is 6.10 Å². The van der Waals surface area contributed by atoms with Crippen LogP contribution in [0, 0.1) is 0 Å². The summed E-state index contributed by atoms with van der Waals surface area (Å²) in [4.78, 5) is 12.2. The molecule has 0 rings (SSSR count). The van der Waals surface area contributed by atoms with E-state index in [4.69, 9.17) is 9.47 Å². The van der Waals surface area contributed by atoms with Crippen molar-refractivity contribution in [1.82, 2.24) is 0 Å². The van der Waals surface area contributed by atoms with Crippen LogP contribution in [0.5, 0.6) is 0 Å². The molecular formula is C51H88O4. The normalized spacial score (nSPS) is 13.1. The predicted molar refractivity (Wildman–Crippen MR) is 242 cm³/mol. The summed E-state index contributed by atoms with van der Waals surface area (Å²) in [5, 5.41) is 9.63. The van der Waals surface area contributed by atoms with E-state index in [1.165, 1.54) is 122 Å². The maximum atomic E-state index is 12.2. The van der Waals surface area contributed by atoms with Gasteiger partial charge in [0.2, 0.25) is 0 Å². The number of allylic oxidation sites excluding steroid dienone is 14. The van der Waals surface area contributed by atoms with Crippen LogP contribution >= 0.6 is 0 Å². The van der Waals surface area contributed by atoms with Gasteiger partial charge in [0.25, 0.3) is 0 Å². The van der Waals surface area contributed by atoms with E-state index in [1.807, 2.05) is 0 Å². The number of aliphatic hydroxyl groups is 1. The molecule has 0 saturated carbocycles. The Morgan fingerprint density at radius 2 is 0.818 bits per heavy atom. The third-order valence-corrected chi connectivity index (χ3v) is 9.70. The molecule has 0 aromatic carbocycles. The van der Waals surface area contributed by atoms with E-state index in [0.29, 0.717) is 13.0 Å². The van der Waals surface area contributed by atoms with Gasteiger partial charge in [-0.1, -0.05) is 195 Å². The van der Waals surface area contributed by atoms with E-state index in [9.17, 15) is 9.90 Å². The number of ether oxygens (including phenoxy) is 2. The molecule has 0 aromatic heterocycles. The van der Waals surface area contributed by atoms with Crippen LogP contribution in [0.1, 0.15) is 206 Å². The van der Waals surface area contributed by atoms with E-state index in [-0.39, 0.29) is 19.2 Å². The number of esters is 1. The van der Waals surface area contributed by atoms with Gasteiger partial charge >= 0.3 is 5.97 Å². The standard InChI is InChI=1S/C51H88O4/c1-3-5-7-9-11-13-15-17-19-21-23-25-26-27-28-30-32-34-36-38-40-42-44-46-51(53)55-50(48-52)49-54-47-45-43-41-39-37-35-33-31-29-24-22-20-18-16-14-12-10-8-6-4-2/h5,7,11-14,17-20,23-25,29,50,52H,3-4,6,8-10,15-16,21-22,26-28,30-49H2,1-2H3/b7-5-,13-11-,14-12-,19-17-,20-18-,25-23-,29-24-. The summed E-state index contributed by atoms with van der Waals surface area (Å²) in [6, 6.07) is 0. The summed E-state index contributed by atoms with van der Waals surface area (Å²) in [5.41, 5.74) is 0. The van der Waals surface area contributed by atoms with Gasteiger partial charge in [0.15, 0.2) is 0 Å². The van der Waals surface area contributed by atoms with E-state index in [0.717, 1.165) is 64.2 Å². The van der Waals surface area contributed by atoms with Crippen LogP contribution in [0.25, 0.3) is 0 Å². The summed E-state index contributed by atoms with van der Waals surface area (Å²) >= 11 is 0. The number of rotatable bonds is 42. The van der Waals surface area contributed by atoms with Gasteiger partial charge in [-0.2, -0.15) is 0 Å². The summed E-state index contributed by atoms with van der Waals surface area (Å²) in [6.07, 6.45) is 66.5. The Morgan fingerprint density at radius 3 is 1.24 bits per heavy atom. The summed E-state index contributed by atoms with van der Waals surface area (Å²) in [7, 11) is 0. The molecule has 55 heavy (non-hydrogen) atoms.